The molecule has 3 rings (SSSR count). The number of fused-ring (bicyclic) bond motifs is 3. The maximum Gasteiger partial charge on any atom is 0.159 e. The molecular formula is C17H15ClO. The maximum absolute atomic E-state index is 11.6. The normalized spacial score (nSPS) is 14.9. The highest BCUT2D eigenvalue weighted by Gasteiger charge is 2.35. The molecule has 0 bridgehead atoms. The van der Waals surface area contributed by atoms with Crippen LogP contribution >= 0.6 is 11.6 Å². The lowest BCUT2D eigenvalue weighted by molar-refractivity contribution is 0.101. The summed E-state index contributed by atoms with van der Waals surface area (Å²) in [5, 5.41) is 0.756. The Morgan fingerprint density at radius 2 is 1.58 bits per heavy atom. The van der Waals surface area contributed by atoms with Gasteiger partial charge in [0, 0.05) is 16.0 Å². The smallest absolute Gasteiger partial charge is 0.159 e. The largest absolute Gasteiger partial charge is 0.295 e. The zero-order valence-corrected chi connectivity index (χ0v) is 12.0. The van der Waals surface area contributed by atoms with Gasteiger partial charge in [0.1, 0.15) is 0 Å². The quantitative estimate of drug-likeness (QED) is 0.677. The molecule has 0 amide bonds. The minimum absolute atomic E-state index is 0.104. The molecular weight excluding hydrogens is 256 g/mol. The molecule has 0 heterocycles. The van der Waals surface area contributed by atoms with Crippen LogP contribution in [-0.2, 0) is 5.41 Å². The van der Waals surface area contributed by atoms with Crippen LogP contribution in [0, 0.1) is 0 Å². The maximum atomic E-state index is 11.6. The Hall–Kier alpha value is -1.60. The third kappa shape index (κ3) is 1.73. The van der Waals surface area contributed by atoms with Gasteiger partial charge in [-0.2, -0.15) is 0 Å². The summed E-state index contributed by atoms with van der Waals surface area (Å²) >= 11 is 6.12. The van der Waals surface area contributed by atoms with Crippen LogP contribution in [0.25, 0.3) is 11.1 Å². The van der Waals surface area contributed by atoms with Gasteiger partial charge in [-0.1, -0.05) is 43.6 Å². The van der Waals surface area contributed by atoms with Crippen LogP contribution < -0.4 is 0 Å². The fourth-order valence-electron chi connectivity index (χ4n) is 2.93. The van der Waals surface area contributed by atoms with E-state index in [1.54, 1.807) is 6.92 Å². The van der Waals surface area contributed by atoms with Crippen LogP contribution in [0.3, 0.4) is 0 Å². The zero-order chi connectivity index (χ0) is 13.8. The number of rotatable bonds is 1. The van der Waals surface area contributed by atoms with Crippen LogP contribution in [0.2, 0.25) is 5.02 Å². The summed E-state index contributed by atoms with van der Waals surface area (Å²) in [6, 6.07) is 12.0. The number of Topliss-reactive ketones (excluding diaryl/α,β-unsaturated/α-hetero) is 1. The topological polar surface area (TPSA) is 17.1 Å². The molecule has 2 aromatic carbocycles. The second kappa shape index (κ2) is 3.94. The summed E-state index contributed by atoms with van der Waals surface area (Å²) in [6.45, 7) is 5.96. The SMILES string of the molecule is CC(=O)c1ccc2c(c1)C(C)(C)c1cc(Cl)ccc1-2. The van der Waals surface area contributed by atoms with E-state index in [2.05, 4.69) is 19.9 Å². The Morgan fingerprint density at radius 1 is 1.00 bits per heavy atom. The van der Waals surface area contributed by atoms with Gasteiger partial charge in [0.25, 0.3) is 0 Å². The van der Waals surface area contributed by atoms with Crippen molar-refractivity contribution in [1.82, 2.24) is 0 Å². The summed E-state index contributed by atoms with van der Waals surface area (Å²) in [6.07, 6.45) is 0. The molecule has 0 unspecified atom stereocenters. The summed E-state index contributed by atoms with van der Waals surface area (Å²) in [7, 11) is 0. The molecule has 0 aromatic heterocycles. The summed E-state index contributed by atoms with van der Waals surface area (Å²) in [5.41, 5.74) is 5.53. The van der Waals surface area contributed by atoms with Gasteiger partial charge in [-0.3, -0.25) is 4.79 Å². The fourth-order valence-corrected chi connectivity index (χ4v) is 3.10. The van der Waals surface area contributed by atoms with Crippen LogP contribution in [0.1, 0.15) is 42.3 Å². The van der Waals surface area contributed by atoms with Crippen molar-refractivity contribution in [3.8, 4) is 11.1 Å². The summed E-state index contributed by atoms with van der Waals surface area (Å²) < 4.78 is 0. The lowest BCUT2D eigenvalue weighted by Crippen LogP contribution is -2.15. The van der Waals surface area contributed by atoms with Crippen LogP contribution in [-0.4, -0.2) is 5.78 Å². The van der Waals surface area contributed by atoms with Crippen molar-refractivity contribution in [2.24, 2.45) is 0 Å². The Kier molecular flexibility index (Phi) is 2.58. The van der Waals surface area contributed by atoms with E-state index in [0.717, 1.165) is 10.6 Å². The van der Waals surface area contributed by atoms with Crippen LogP contribution in [0.4, 0.5) is 0 Å². The second-order valence-electron chi connectivity index (χ2n) is 5.63. The number of carbonyl (C=O) groups is 1. The third-order valence-corrected chi connectivity index (χ3v) is 4.28. The van der Waals surface area contributed by atoms with Gasteiger partial charge in [-0.25, -0.2) is 0 Å². The lowest BCUT2D eigenvalue weighted by Gasteiger charge is -2.21. The molecule has 96 valence electrons. The molecule has 1 aliphatic carbocycles. The van der Waals surface area contributed by atoms with Crippen molar-refractivity contribution in [3.63, 3.8) is 0 Å². The van der Waals surface area contributed by atoms with Crippen LogP contribution in [0.5, 0.6) is 0 Å². The molecule has 1 aliphatic rings. The number of benzene rings is 2. The number of carbonyl (C=O) groups excluding carboxylic acids is 1. The lowest BCUT2D eigenvalue weighted by atomic mass is 9.82. The molecule has 0 saturated heterocycles. The van der Waals surface area contributed by atoms with Crippen molar-refractivity contribution in [2.75, 3.05) is 0 Å². The van der Waals surface area contributed by atoms with E-state index in [1.807, 2.05) is 30.3 Å². The first-order valence-electron chi connectivity index (χ1n) is 6.37. The summed E-state index contributed by atoms with van der Waals surface area (Å²) in [5.74, 6) is 0.104. The van der Waals surface area contributed by atoms with E-state index in [9.17, 15) is 4.79 Å². The molecule has 1 nitrogen and oxygen atoms in total. The predicted molar refractivity (Wildman–Crippen MR) is 79.0 cm³/mol. The minimum atomic E-state index is -0.110. The van der Waals surface area contributed by atoms with E-state index >= 15 is 0 Å². The highest BCUT2D eigenvalue weighted by molar-refractivity contribution is 6.30. The molecule has 0 radical (unpaired) electrons. The molecule has 0 spiro atoms. The van der Waals surface area contributed by atoms with Gasteiger partial charge in [-0.05, 0) is 47.4 Å². The average molecular weight is 271 g/mol. The van der Waals surface area contributed by atoms with E-state index in [0.29, 0.717) is 0 Å². The molecule has 19 heavy (non-hydrogen) atoms. The Morgan fingerprint density at radius 3 is 2.21 bits per heavy atom. The molecule has 2 heteroatoms. The van der Waals surface area contributed by atoms with Crippen molar-refractivity contribution < 1.29 is 4.79 Å². The highest BCUT2D eigenvalue weighted by atomic mass is 35.5. The van der Waals surface area contributed by atoms with Gasteiger partial charge in [0.2, 0.25) is 0 Å². The van der Waals surface area contributed by atoms with Gasteiger partial charge >= 0.3 is 0 Å². The van der Waals surface area contributed by atoms with Crippen molar-refractivity contribution >= 4 is 17.4 Å². The fraction of sp³-hybridized carbons (Fsp3) is 0.235. The van der Waals surface area contributed by atoms with Crippen molar-refractivity contribution in [3.05, 3.63) is 58.1 Å². The van der Waals surface area contributed by atoms with E-state index in [-0.39, 0.29) is 11.2 Å². The molecule has 0 saturated carbocycles. The number of hydrogen-bond acceptors (Lipinski definition) is 1. The molecule has 0 atom stereocenters. The monoisotopic (exact) mass is 270 g/mol. The molecule has 0 aliphatic heterocycles. The van der Waals surface area contributed by atoms with Crippen molar-refractivity contribution in [2.45, 2.75) is 26.2 Å². The number of hydrogen-bond donors (Lipinski definition) is 0. The van der Waals surface area contributed by atoms with E-state index in [1.165, 1.54) is 22.3 Å². The first-order valence-corrected chi connectivity index (χ1v) is 6.75. The number of halogens is 1. The zero-order valence-electron chi connectivity index (χ0n) is 11.3. The van der Waals surface area contributed by atoms with Gasteiger partial charge < -0.3 is 0 Å². The average Bonchev–Trinajstić information content (AvgIpc) is 2.58. The molecule has 0 fully saturated rings. The Bertz CT molecular complexity index is 698. The number of ketones is 1. The second-order valence-corrected chi connectivity index (χ2v) is 6.07. The van der Waals surface area contributed by atoms with Crippen LogP contribution in [0.15, 0.2) is 36.4 Å². The third-order valence-electron chi connectivity index (χ3n) is 4.04. The first-order chi connectivity index (χ1) is 8.91. The van der Waals surface area contributed by atoms with E-state index in [4.69, 9.17) is 11.6 Å². The van der Waals surface area contributed by atoms with Gasteiger partial charge in [0.15, 0.2) is 5.78 Å². The predicted octanol–water partition coefficient (Wildman–Crippen LogP) is 4.85. The minimum Gasteiger partial charge on any atom is -0.295 e. The molecule has 0 N–H and O–H groups in total. The van der Waals surface area contributed by atoms with Crippen molar-refractivity contribution in [1.29, 1.82) is 0 Å². The van der Waals surface area contributed by atoms with E-state index < -0.39 is 0 Å². The Labute approximate surface area is 118 Å². The standard InChI is InChI=1S/C17H15ClO/c1-10(19)11-4-6-13-14-7-5-12(18)9-16(14)17(2,3)15(13)8-11/h4-9H,1-3H3. The Balaban J connectivity index is 2.30. The van der Waals surface area contributed by atoms with Gasteiger partial charge in [0.05, 0.1) is 0 Å². The molecule has 2 aromatic rings. The summed E-state index contributed by atoms with van der Waals surface area (Å²) in [4.78, 5) is 11.6. The first kappa shape index (κ1) is 12.4. The highest BCUT2D eigenvalue weighted by Crippen LogP contribution is 2.49. The van der Waals surface area contributed by atoms with Gasteiger partial charge in [-0.15, -0.1) is 0 Å².